The fourth-order valence-electron chi connectivity index (χ4n) is 1.85. The Kier molecular flexibility index (Phi) is 5.36. The van der Waals surface area contributed by atoms with Crippen molar-refractivity contribution in [3.05, 3.63) is 29.8 Å². The number of aliphatic hydroxyl groups is 1. The second-order valence-electron chi connectivity index (χ2n) is 5.39. The number of anilines is 1. The first-order valence-corrected chi connectivity index (χ1v) is 6.67. The molecule has 0 bridgehead atoms. The molecular weight excluding hydrogens is 240 g/mol. The van der Waals surface area contributed by atoms with Crippen molar-refractivity contribution >= 4 is 11.6 Å². The molecule has 2 atom stereocenters. The number of carbonyl (C=O) groups excluding carboxylic acids is 1. The topological polar surface area (TPSA) is 75.3 Å². The maximum absolute atomic E-state index is 12.0. The van der Waals surface area contributed by atoms with E-state index in [0.29, 0.717) is 12.8 Å². The Hall–Kier alpha value is -1.55. The number of amides is 1. The van der Waals surface area contributed by atoms with Crippen molar-refractivity contribution in [3.8, 4) is 0 Å². The van der Waals surface area contributed by atoms with Crippen LogP contribution in [0.3, 0.4) is 0 Å². The van der Waals surface area contributed by atoms with Crippen molar-refractivity contribution in [2.24, 2.45) is 0 Å². The molecule has 4 nitrogen and oxygen atoms in total. The molecule has 0 aliphatic heterocycles. The van der Waals surface area contributed by atoms with E-state index >= 15 is 0 Å². The molecule has 1 rings (SSSR count). The van der Waals surface area contributed by atoms with Crippen LogP contribution in [0.5, 0.6) is 0 Å². The molecule has 0 radical (unpaired) electrons. The third-order valence-corrected chi connectivity index (χ3v) is 3.57. The minimum absolute atomic E-state index is 0.0391. The first-order chi connectivity index (χ1) is 8.90. The summed E-state index contributed by atoms with van der Waals surface area (Å²) in [5, 5.41) is 12.2. The quantitative estimate of drug-likeness (QED) is 0.688. The van der Waals surface area contributed by atoms with Crippen molar-refractivity contribution in [1.29, 1.82) is 0 Å². The second-order valence-corrected chi connectivity index (χ2v) is 5.39. The minimum Gasteiger partial charge on any atom is -0.399 e. The Bertz CT molecular complexity index is 411. The molecule has 0 heterocycles. The standard InChI is InChI=1S/C15H24N2O2/c1-4-15(3,10-18)17-14(19)9-11(2)12-5-7-13(16)8-6-12/h5-8,11,18H,4,9-10,16H2,1-3H3,(H,17,19). The lowest BCUT2D eigenvalue weighted by Crippen LogP contribution is -2.48. The molecule has 106 valence electrons. The number of rotatable bonds is 6. The number of nitrogen functional groups attached to an aromatic ring is 1. The second kappa shape index (κ2) is 6.57. The Morgan fingerprint density at radius 3 is 2.47 bits per heavy atom. The molecule has 4 N–H and O–H groups in total. The van der Waals surface area contributed by atoms with Gasteiger partial charge in [0.05, 0.1) is 12.1 Å². The summed E-state index contributed by atoms with van der Waals surface area (Å²) in [5.74, 6) is 0.0862. The van der Waals surface area contributed by atoms with Crippen LogP contribution in [0.4, 0.5) is 5.69 Å². The average Bonchev–Trinajstić information content (AvgIpc) is 2.39. The smallest absolute Gasteiger partial charge is 0.221 e. The molecular formula is C15H24N2O2. The molecule has 0 saturated heterocycles. The van der Waals surface area contributed by atoms with Crippen molar-refractivity contribution in [2.45, 2.75) is 45.1 Å². The van der Waals surface area contributed by atoms with Gasteiger partial charge in [-0.25, -0.2) is 0 Å². The van der Waals surface area contributed by atoms with E-state index in [1.807, 2.05) is 45.0 Å². The lowest BCUT2D eigenvalue weighted by atomic mass is 9.95. The minimum atomic E-state index is -0.530. The number of aliphatic hydroxyl groups excluding tert-OH is 1. The molecule has 0 aliphatic carbocycles. The lowest BCUT2D eigenvalue weighted by Gasteiger charge is -2.28. The fraction of sp³-hybridized carbons (Fsp3) is 0.533. The highest BCUT2D eigenvalue weighted by atomic mass is 16.3. The number of nitrogens with one attached hydrogen (secondary N) is 1. The van der Waals surface area contributed by atoms with Gasteiger partial charge in [0.15, 0.2) is 0 Å². The Morgan fingerprint density at radius 2 is 2.00 bits per heavy atom. The van der Waals surface area contributed by atoms with E-state index in [4.69, 9.17) is 5.73 Å². The number of carbonyl (C=O) groups is 1. The normalized spacial score (nSPS) is 15.6. The molecule has 19 heavy (non-hydrogen) atoms. The third-order valence-electron chi connectivity index (χ3n) is 3.57. The first-order valence-electron chi connectivity index (χ1n) is 6.67. The summed E-state index contributed by atoms with van der Waals surface area (Å²) in [6.07, 6.45) is 1.10. The van der Waals surface area contributed by atoms with Crippen LogP contribution in [0.2, 0.25) is 0 Å². The average molecular weight is 264 g/mol. The van der Waals surface area contributed by atoms with Crippen molar-refractivity contribution in [1.82, 2.24) is 5.32 Å². The van der Waals surface area contributed by atoms with Gasteiger partial charge < -0.3 is 16.2 Å². The molecule has 1 amide bonds. The molecule has 2 unspecified atom stereocenters. The predicted octanol–water partition coefficient (Wildman–Crippen LogP) is 2.04. The third kappa shape index (κ3) is 4.56. The van der Waals surface area contributed by atoms with Crippen LogP contribution < -0.4 is 11.1 Å². The van der Waals surface area contributed by atoms with E-state index in [0.717, 1.165) is 11.3 Å². The Morgan fingerprint density at radius 1 is 1.42 bits per heavy atom. The summed E-state index contributed by atoms with van der Waals surface area (Å²) >= 11 is 0. The lowest BCUT2D eigenvalue weighted by molar-refractivity contribution is -0.123. The molecule has 0 aromatic heterocycles. The van der Waals surface area contributed by atoms with E-state index in [1.165, 1.54) is 0 Å². The fourth-order valence-corrected chi connectivity index (χ4v) is 1.85. The summed E-state index contributed by atoms with van der Waals surface area (Å²) in [5.41, 5.74) is 6.92. The van der Waals surface area contributed by atoms with E-state index in [1.54, 1.807) is 0 Å². The molecule has 0 spiro atoms. The van der Waals surface area contributed by atoms with Gasteiger partial charge in [0.25, 0.3) is 0 Å². The number of hydrogen-bond acceptors (Lipinski definition) is 3. The summed E-state index contributed by atoms with van der Waals surface area (Å²) in [6, 6.07) is 7.57. The van der Waals surface area contributed by atoms with Crippen LogP contribution in [-0.4, -0.2) is 23.2 Å². The number of nitrogens with two attached hydrogens (primary N) is 1. The summed E-state index contributed by atoms with van der Waals surface area (Å²) in [4.78, 5) is 12.0. The number of hydrogen-bond donors (Lipinski definition) is 3. The summed E-state index contributed by atoms with van der Waals surface area (Å²) < 4.78 is 0. The molecule has 0 saturated carbocycles. The SMILES string of the molecule is CCC(C)(CO)NC(=O)CC(C)c1ccc(N)cc1. The van der Waals surface area contributed by atoms with E-state index < -0.39 is 5.54 Å². The van der Waals surface area contributed by atoms with Gasteiger partial charge in [0, 0.05) is 12.1 Å². The molecule has 0 fully saturated rings. The zero-order valence-electron chi connectivity index (χ0n) is 11.9. The highest BCUT2D eigenvalue weighted by Crippen LogP contribution is 2.20. The van der Waals surface area contributed by atoms with Gasteiger partial charge in [-0.2, -0.15) is 0 Å². The van der Waals surface area contributed by atoms with Crippen LogP contribution in [0, 0.1) is 0 Å². The molecule has 1 aromatic carbocycles. The van der Waals surface area contributed by atoms with Crippen LogP contribution in [0.25, 0.3) is 0 Å². The summed E-state index contributed by atoms with van der Waals surface area (Å²) in [6.45, 7) is 5.75. The van der Waals surface area contributed by atoms with Crippen LogP contribution >= 0.6 is 0 Å². The van der Waals surface area contributed by atoms with Gasteiger partial charge >= 0.3 is 0 Å². The van der Waals surface area contributed by atoms with E-state index in [-0.39, 0.29) is 18.4 Å². The van der Waals surface area contributed by atoms with E-state index in [2.05, 4.69) is 5.32 Å². The van der Waals surface area contributed by atoms with Gasteiger partial charge in [0.2, 0.25) is 5.91 Å². The molecule has 1 aromatic rings. The summed E-state index contributed by atoms with van der Waals surface area (Å²) in [7, 11) is 0. The highest BCUT2D eigenvalue weighted by molar-refractivity contribution is 5.77. The molecule has 4 heteroatoms. The van der Waals surface area contributed by atoms with Crippen LogP contribution in [0.15, 0.2) is 24.3 Å². The zero-order chi connectivity index (χ0) is 14.5. The first kappa shape index (κ1) is 15.5. The maximum atomic E-state index is 12.0. The predicted molar refractivity (Wildman–Crippen MR) is 77.8 cm³/mol. The van der Waals surface area contributed by atoms with Gasteiger partial charge in [-0.3, -0.25) is 4.79 Å². The van der Waals surface area contributed by atoms with Gasteiger partial charge in [0.1, 0.15) is 0 Å². The highest BCUT2D eigenvalue weighted by Gasteiger charge is 2.24. The zero-order valence-corrected chi connectivity index (χ0v) is 11.9. The van der Waals surface area contributed by atoms with Crippen molar-refractivity contribution < 1.29 is 9.90 Å². The Balaban J connectivity index is 2.59. The van der Waals surface area contributed by atoms with E-state index in [9.17, 15) is 9.90 Å². The largest absolute Gasteiger partial charge is 0.399 e. The number of benzene rings is 1. The van der Waals surface area contributed by atoms with Gasteiger partial charge in [-0.15, -0.1) is 0 Å². The van der Waals surface area contributed by atoms with Crippen molar-refractivity contribution in [2.75, 3.05) is 12.3 Å². The van der Waals surface area contributed by atoms with Crippen LogP contribution in [-0.2, 0) is 4.79 Å². The Labute approximate surface area is 115 Å². The van der Waals surface area contributed by atoms with Gasteiger partial charge in [-0.1, -0.05) is 26.0 Å². The van der Waals surface area contributed by atoms with Gasteiger partial charge in [-0.05, 0) is 37.0 Å². The van der Waals surface area contributed by atoms with Crippen molar-refractivity contribution in [3.63, 3.8) is 0 Å². The molecule has 0 aliphatic rings. The monoisotopic (exact) mass is 264 g/mol. The van der Waals surface area contributed by atoms with Crippen LogP contribution in [0.1, 0.15) is 45.1 Å². The maximum Gasteiger partial charge on any atom is 0.221 e.